The monoisotopic (exact) mass is 466 g/mol. The van der Waals surface area contributed by atoms with Crippen LogP contribution in [-0.4, -0.2) is 36.7 Å². The third kappa shape index (κ3) is 6.22. The highest BCUT2D eigenvalue weighted by molar-refractivity contribution is 5.95. The summed E-state index contributed by atoms with van der Waals surface area (Å²) >= 11 is 0. The van der Waals surface area contributed by atoms with Crippen LogP contribution in [0.3, 0.4) is 0 Å². The van der Waals surface area contributed by atoms with Crippen LogP contribution < -0.4 is 20.9 Å². The SMILES string of the molecule is CCC(=O)N1c2ccccc2[C@H](N(CCCNC(=O)OC(C)(C)C)c2ccc(N)cc2)C[C@@H]1C. The second-order valence-corrected chi connectivity index (χ2v) is 9.84. The highest BCUT2D eigenvalue weighted by Gasteiger charge is 2.35. The van der Waals surface area contributed by atoms with Gasteiger partial charge in [0.2, 0.25) is 5.91 Å². The number of amides is 2. The molecule has 34 heavy (non-hydrogen) atoms. The van der Waals surface area contributed by atoms with E-state index in [0.29, 0.717) is 18.7 Å². The van der Waals surface area contributed by atoms with Crippen molar-refractivity contribution in [1.29, 1.82) is 0 Å². The molecule has 7 heteroatoms. The van der Waals surface area contributed by atoms with Gasteiger partial charge in [-0.15, -0.1) is 0 Å². The van der Waals surface area contributed by atoms with E-state index in [1.807, 2.05) is 75.1 Å². The summed E-state index contributed by atoms with van der Waals surface area (Å²) in [5, 5.41) is 2.85. The number of benzene rings is 2. The Bertz CT molecular complexity index is 984. The lowest BCUT2D eigenvalue weighted by Crippen LogP contribution is -2.46. The standard InChI is InChI=1S/C27H38N4O3/c1-6-25(32)31-19(2)18-24(22-10-7-8-11-23(22)31)30(21-14-12-20(28)13-15-21)17-9-16-29-26(33)34-27(3,4)5/h7-8,10-15,19,24H,6,9,16-18,28H2,1-5H3,(H,29,33)/t19-,24+/m0/s1. The Kier molecular flexibility index (Phi) is 8.07. The van der Waals surface area contributed by atoms with Gasteiger partial charge in [0.15, 0.2) is 0 Å². The fraction of sp³-hybridized carbons (Fsp3) is 0.481. The summed E-state index contributed by atoms with van der Waals surface area (Å²) in [7, 11) is 0. The topological polar surface area (TPSA) is 87.9 Å². The summed E-state index contributed by atoms with van der Waals surface area (Å²) in [5.74, 6) is 0.138. The number of hydrogen-bond donors (Lipinski definition) is 2. The fourth-order valence-electron chi connectivity index (χ4n) is 4.51. The van der Waals surface area contributed by atoms with Gasteiger partial charge in [0, 0.05) is 42.6 Å². The van der Waals surface area contributed by atoms with Crippen LogP contribution in [0.15, 0.2) is 48.5 Å². The number of nitrogens with one attached hydrogen (secondary N) is 1. The highest BCUT2D eigenvalue weighted by atomic mass is 16.6. The van der Waals surface area contributed by atoms with E-state index in [-0.39, 0.29) is 18.0 Å². The number of nitrogen functional groups attached to an aromatic ring is 1. The molecule has 0 bridgehead atoms. The van der Waals surface area contributed by atoms with Gasteiger partial charge in [-0.05, 0) is 76.4 Å². The number of para-hydroxylation sites is 1. The van der Waals surface area contributed by atoms with E-state index < -0.39 is 11.7 Å². The lowest BCUT2D eigenvalue weighted by Gasteiger charge is -2.44. The molecule has 0 radical (unpaired) electrons. The summed E-state index contributed by atoms with van der Waals surface area (Å²) in [6.07, 6.45) is 1.62. The Morgan fingerprint density at radius 2 is 1.82 bits per heavy atom. The van der Waals surface area contributed by atoms with E-state index >= 15 is 0 Å². The van der Waals surface area contributed by atoms with E-state index in [4.69, 9.17) is 10.5 Å². The Labute approximate surface area is 203 Å². The van der Waals surface area contributed by atoms with Gasteiger partial charge in [0.05, 0.1) is 6.04 Å². The fourth-order valence-corrected chi connectivity index (χ4v) is 4.51. The molecule has 2 amide bonds. The summed E-state index contributed by atoms with van der Waals surface area (Å²) < 4.78 is 5.35. The van der Waals surface area contributed by atoms with Crippen molar-refractivity contribution in [1.82, 2.24) is 5.32 Å². The molecule has 1 aliphatic rings. The minimum atomic E-state index is -0.524. The Morgan fingerprint density at radius 1 is 1.15 bits per heavy atom. The molecule has 0 unspecified atom stereocenters. The largest absolute Gasteiger partial charge is 0.444 e. The first-order chi connectivity index (χ1) is 16.1. The van der Waals surface area contributed by atoms with Crippen molar-refractivity contribution in [3.8, 4) is 0 Å². The zero-order valence-corrected chi connectivity index (χ0v) is 21.0. The van der Waals surface area contributed by atoms with Crippen molar-refractivity contribution < 1.29 is 14.3 Å². The second-order valence-electron chi connectivity index (χ2n) is 9.84. The van der Waals surface area contributed by atoms with Crippen molar-refractivity contribution in [3.63, 3.8) is 0 Å². The Morgan fingerprint density at radius 3 is 2.47 bits per heavy atom. The van der Waals surface area contributed by atoms with E-state index in [1.165, 1.54) is 0 Å². The van der Waals surface area contributed by atoms with Crippen molar-refractivity contribution >= 4 is 29.1 Å². The van der Waals surface area contributed by atoms with E-state index in [1.54, 1.807) is 0 Å². The minimum Gasteiger partial charge on any atom is -0.444 e. The first-order valence-corrected chi connectivity index (χ1v) is 12.1. The molecule has 0 saturated heterocycles. The van der Waals surface area contributed by atoms with Crippen molar-refractivity contribution in [3.05, 3.63) is 54.1 Å². The van der Waals surface area contributed by atoms with Gasteiger partial charge < -0.3 is 25.6 Å². The average Bonchev–Trinajstić information content (AvgIpc) is 2.78. The lowest BCUT2D eigenvalue weighted by atomic mass is 9.89. The predicted molar refractivity (Wildman–Crippen MR) is 138 cm³/mol. The number of alkyl carbamates (subject to hydrolysis) is 1. The molecule has 0 aliphatic carbocycles. The van der Waals surface area contributed by atoms with Crippen LogP contribution in [-0.2, 0) is 9.53 Å². The molecule has 0 aromatic heterocycles. The molecule has 0 spiro atoms. The van der Waals surface area contributed by atoms with Gasteiger partial charge in [-0.25, -0.2) is 4.79 Å². The summed E-state index contributed by atoms with van der Waals surface area (Å²) in [4.78, 5) is 29.1. The molecule has 2 aromatic rings. The summed E-state index contributed by atoms with van der Waals surface area (Å²) in [6, 6.07) is 16.2. The molecule has 1 aliphatic heterocycles. The van der Waals surface area contributed by atoms with Crippen LogP contribution in [0.2, 0.25) is 0 Å². The number of fused-ring (bicyclic) bond motifs is 1. The Hall–Kier alpha value is -3.22. The van der Waals surface area contributed by atoms with E-state index in [2.05, 4.69) is 23.2 Å². The predicted octanol–water partition coefficient (Wildman–Crippen LogP) is 5.27. The van der Waals surface area contributed by atoms with Crippen LogP contribution in [0, 0.1) is 0 Å². The van der Waals surface area contributed by atoms with Crippen molar-refractivity contribution in [2.24, 2.45) is 0 Å². The molecule has 0 saturated carbocycles. The average molecular weight is 467 g/mol. The number of nitrogens with two attached hydrogens (primary N) is 1. The number of carbonyl (C=O) groups excluding carboxylic acids is 2. The first-order valence-electron chi connectivity index (χ1n) is 12.1. The normalized spacial score (nSPS) is 17.6. The number of hydrogen-bond acceptors (Lipinski definition) is 5. The molecule has 7 nitrogen and oxygen atoms in total. The van der Waals surface area contributed by atoms with Gasteiger partial charge >= 0.3 is 6.09 Å². The van der Waals surface area contributed by atoms with E-state index in [0.717, 1.165) is 36.3 Å². The number of ether oxygens (including phenoxy) is 1. The molecule has 2 aromatic carbocycles. The number of anilines is 3. The molecule has 184 valence electrons. The summed E-state index contributed by atoms with van der Waals surface area (Å²) in [6.45, 7) is 10.8. The highest BCUT2D eigenvalue weighted by Crippen LogP contribution is 2.42. The smallest absolute Gasteiger partial charge is 0.407 e. The third-order valence-corrected chi connectivity index (χ3v) is 5.98. The molecule has 3 N–H and O–H groups in total. The number of rotatable bonds is 7. The van der Waals surface area contributed by atoms with Crippen molar-refractivity contribution in [2.75, 3.05) is 28.6 Å². The van der Waals surface area contributed by atoms with Gasteiger partial charge in [-0.1, -0.05) is 25.1 Å². The molecule has 3 rings (SSSR count). The van der Waals surface area contributed by atoms with Gasteiger partial charge in [-0.2, -0.15) is 0 Å². The minimum absolute atomic E-state index is 0.0727. The molecule has 2 atom stereocenters. The molecular weight excluding hydrogens is 428 g/mol. The first kappa shape index (κ1) is 25.4. The summed E-state index contributed by atoms with van der Waals surface area (Å²) in [5.41, 5.74) is 9.32. The van der Waals surface area contributed by atoms with Crippen LogP contribution >= 0.6 is 0 Å². The van der Waals surface area contributed by atoms with Crippen LogP contribution in [0.25, 0.3) is 0 Å². The van der Waals surface area contributed by atoms with E-state index in [9.17, 15) is 9.59 Å². The van der Waals surface area contributed by atoms with Crippen LogP contribution in [0.1, 0.15) is 65.5 Å². The maximum Gasteiger partial charge on any atom is 0.407 e. The van der Waals surface area contributed by atoms with Crippen molar-refractivity contribution in [2.45, 2.75) is 71.6 Å². The second kappa shape index (κ2) is 10.8. The van der Waals surface area contributed by atoms with Crippen LogP contribution in [0.5, 0.6) is 0 Å². The van der Waals surface area contributed by atoms with Gasteiger partial charge in [-0.3, -0.25) is 4.79 Å². The maximum atomic E-state index is 12.7. The quantitative estimate of drug-likeness (QED) is 0.429. The van der Waals surface area contributed by atoms with Crippen LogP contribution in [0.4, 0.5) is 21.9 Å². The molecular formula is C27H38N4O3. The molecule has 0 fully saturated rings. The number of nitrogens with zero attached hydrogens (tertiary/aromatic N) is 2. The lowest BCUT2D eigenvalue weighted by molar-refractivity contribution is -0.118. The third-order valence-electron chi connectivity index (χ3n) is 5.98. The number of carbonyl (C=O) groups is 2. The zero-order valence-electron chi connectivity index (χ0n) is 21.0. The maximum absolute atomic E-state index is 12.7. The van der Waals surface area contributed by atoms with Gasteiger partial charge in [0.25, 0.3) is 0 Å². The zero-order chi connectivity index (χ0) is 24.9. The molecule has 1 heterocycles. The van der Waals surface area contributed by atoms with Gasteiger partial charge in [0.1, 0.15) is 5.60 Å². The Balaban J connectivity index is 1.84.